The number of rotatable bonds is 6. The Balaban J connectivity index is 1.59. The van der Waals surface area contributed by atoms with E-state index in [9.17, 15) is 9.59 Å². The van der Waals surface area contributed by atoms with E-state index in [1.807, 2.05) is 12.1 Å². The normalized spacial score (nSPS) is 18.9. The average Bonchev–Trinajstić information content (AvgIpc) is 2.85. The van der Waals surface area contributed by atoms with Crippen molar-refractivity contribution >= 4 is 17.5 Å². The molecule has 2 amide bonds. The van der Waals surface area contributed by atoms with Gasteiger partial charge in [-0.25, -0.2) is 0 Å². The third kappa shape index (κ3) is 3.83. The van der Waals surface area contributed by atoms with Gasteiger partial charge >= 0.3 is 0 Å². The molecule has 128 valence electrons. The first-order valence-corrected chi connectivity index (χ1v) is 8.42. The van der Waals surface area contributed by atoms with Crippen molar-refractivity contribution in [2.75, 3.05) is 31.6 Å². The highest BCUT2D eigenvalue weighted by atomic mass is 16.3. The molecule has 6 heteroatoms. The van der Waals surface area contributed by atoms with Crippen LogP contribution >= 0.6 is 0 Å². The monoisotopic (exact) mass is 329 g/mol. The Morgan fingerprint density at radius 1 is 1.17 bits per heavy atom. The largest absolute Gasteiger partial charge is 0.395 e. The SMILES string of the molecule is O=C1C=C(Nc2ccc(CC3CCNCC3)cc2)C(=O)N1CCO. The van der Waals surface area contributed by atoms with Gasteiger partial charge in [-0.15, -0.1) is 0 Å². The fourth-order valence-corrected chi connectivity index (χ4v) is 3.21. The van der Waals surface area contributed by atoms with Gasteiger partial charge in [-0.1, -0.05) is 12.1 Å². The van der Waals surface area contributed by atoms with Gasteiger partial charge in [-0.05, 0) is 56.0 Å². The van der Waals surface area contributed by atoms with Crippen LogP contribution < -0.4 is 10.6 Å². The number of nitrogens with zero attached hydrogens (tertiary/aromatic N) is 1. The molecule has 1 aromatic rings. The Morgan fingerprint density at radius 2 is 1.88 bits per heavy atom. The zero-order valence-electron chi connectivity index (χ0n) is 13.6. The van der Waals surface area contributed by atoms with E-state index in [0.717, 1.165) is 36.0 Å². The van der Waals surface area contributed by atoms with Crippen LogP contribution in [0.15, 0.2) is 36.0 Å². The molecular weight excluding hydrogens is 306 g/mol. The molecule has 0 bridgehead atoms. The first-order valence-electron chi connectivity index (χ1n) is 8.42. The van der Waals surface area contributed by atoms with Crippen LogP contribution in [0.1, 0.15) is 18.4 Å². The smallest absolute Gasteiger partial charge is 0.277 e. The fraction of sp³-hybridized carbons (Fsp3) is 0.444. The number of hydrogen-bond donors (Lipinski definition) is 3. The average molecular weight is 329 g/mol. The summed E-state index contributed by atoms with van der Waals surface area (Å²) in [6, 6.07) is 8.00. The van der Waals surface area contributed by atoms with E-state index in [1.165, 1.54) is 24.5 Å². The first kappa shape index (κ1) is 16.7. The van der Waals surface area contributed by atoms with Gasteiger partial charge in [-0.2, -0.15) is 0 Å². The summed E-state index contributed by atoms with van der Waals surface area (Å²) in [7, 11) is 0. The summed E-state index contributed by atoms with van der Waals surface area (Å²) in [6.45, 7) is 1.98. The van der Waals surface area contributed by atoms with Crippen molar-refractivity contribution in [1.29, 1.82) is 0 Å². The quantitative estimate of drug-likeness (QED) is 0.675. The molecule has 0 aromatic heterocycles. The molecule has 2 heterocycles. The van der Waals surface area contributed by atoms with E-state index in [0.29, 0.717) is 0 Å². The second kappa shape index (κ2) is 7.59. The van der Waals surface area contributed by atoms with Crippen LogP contribution in [0.25, 0.3) is 0 Å². The van der Waals surface area contributed by atoms with Gasteiger partial charge in [0.2, 0.25) is 0 Å². The van der Waals surface area contributed by atoms with E-state index < -0.39 is 5.91 Å². The van der Waals surface area contributed by atoms with Gasteiger partial charge in [0, 0.05) is 11.8 Å². The second-order valence-corrected chi connectivity index (χ2v) is 6.30. The Kier molecular flexibility index (Phi) is 5.27. The lowest BCUT2D eigenvalue weighted by Crippen LogP contribution is -2.34. The molecule has 6 nitrogen and oxygen atoms in total. The third-order valence-corrected chi connectivity index (χ3v) is 4.55. The van der Waals surface area contributed by atoms with Crippen molar-refractivity contribution in [2.24, 2.45) is 5.92 Å². The van der Waals surface area contributed by atoms with E-state index in [4.69, 9.17) is 5.11 Å². The van der Waals surface area contributed by atoms with Gasteiger partial charge in [0.05, 0.1) is 13.2 Å². The van der Waals surface area contributed by atoms with E-state index in [2.05, 4.69) is 22.8 Å². The highest BCUT2D eigenvalue weighted by Gasteiger charge is 2.30. The maximum atomic E-state index is 12.1. The van der Waals surface area contributed by atoms with Crippen LogP contribution in [0.4, 0.5) is 5.69 Å². The number of carbonyl (C=O) groups is 2. The number of carbonyl (C=O) groups excluding carboxylic acids is 2. The van der Waals surface area contributed by atoms with E-state index in [1.54, 1.807) is 0 Å². The number of aliphatic hydroxyl groups is 1. The van der Waals surface area contributed by atoms with Crippen molar-refractivity contribution in [3.63, 3.8) is 0 Å². The van der Waals surface area contributed by atoms with Crippen molar-refractivity contribution in [2.45, 2.75) is 19.3 Å². The zero-order chi connectivity index (χ0) is 16.9. The Morgan fingerprint density at radius 3 is 2.54 bits per heavy atom. The molecule has 24 heavy (non-hydrogen) atoms. The topological polar surface area (TPSA) is 81.7 Å². The summed E-state index contributed by atoms with van der Waals surface area (Å²) >= 11 is 0. The number of aliphatic hydroxyl groups excluding tert-OH is 1. The third-order valence-electron chi connectivity index (χ3n) is 4.55. The molecule has 1 saturated heterocycles. The van der Waals surface area contributed by atoms with Crippen LogP contribution in [0.5, 0.6) is 0 Å². The molecule has 0 saturated carbocycles. The fourth-order valence-electron chi connectivity index (χ4n) is 3.21. The van der Waals surface area contributed by atoms with Crippen LogP contribution in [-0.2, 0) is 16.0 Å². The van der Waals surface area contributed by atoms with E-state index >= 15 is 0 Å². The minimum Gasteiger partial charge on any atom is -0.395 e. The molecule has 0 atom stereocenters. The van der Waals surface area contributed by atoms with Gasteiger partial charge in [0.25, 0.3) is 11.8 Å². The first-order chi connectivity index (χ1) is 11.7. The summed E-state index contributed by atoms with van der Waals surface area (Å²) in [5.41, 5.74) is 2.32. The second-order valence-electron chi connectivity index (χ2n) is 6.30. The van der Waals surface area contributed by atoms with Crippen LogP contribution in [0, 0.1) is 5.92 Å². The predicted octanol–water partition coefficient (Wildman–Crippen LogP) is 0.886. The van der Waals surface area contributed by atoms with Crippen molar-refractivity contribution in [3.05, 3.63) is 41.6 Å². The Hall–Kier alpha value is -2.18. The molecule has 0 radical (unpaired) electrons. The number of amides is 2. The number of piperidine rings is 1. The van der Waals surface area contributed by atoms with Crippen LogP contribution in [0.3, 0.4) is 0 Å². The molecule has 3 N–H and O–H groups in total. The summed E-state index contributed by atoms with van der Waals surface area (Å²) < 4.78 is 0. The van der Waals surface area contributed by atoms with Crippen molar-refractivity contribution in [1.82, 2.24) is 10.2 Å². The van der Waals surface area contributed by atoms with Crippen LogP contribution in [0.2, 0.25) is 0 Å². The maximum absolute atomic E-state index is 12.1. The molecule has 2 aliphatic heterocycles. The predicted molar refractivity (Wildman–Crippen MR) is 91.3 cm³/mol. The molecular formula is C18H23N3O3. The Bertz CT molecular complexity index is 633. The lowest BCUT2D eigenvalue weighted by atomic mass is 9.91. The number of nitrogens with one attached hydrogen (secondary N) is 2. The maximum Gasteiger partial charge on any atom is 0.277 e. The molecule has 3 rings (SSSR count). The van der Waals surface area contributed by atoms with Gasteiger partial charge in [0.15, 0.2) is 0 Å². The molecule has 1 fully saturated rings. The van der Waals surface area contributed by atoms with Crippen molar-refractivity contribution in [3.8, 4) is 0 Å². The molecule has 0 unspecified atom stereocenters. The lowest BCUT2D eigenvalue weighted by molar-refractivity contribution is -0.137. The molecule has 0 spiro atoms. The summed E-state index contributed by atoms with van der Waals surface area (Å²) in [5, 5.41) is 15.3. The Labute approximate surface area is 141 Å². The van der Waals surface area contributed by atoms with Crippen LogP contribution in [-0.4, -0.2) is 48.1 Å². The minimum absolute atomic E-state index is 0.0224. The summed E-state index contributed by atoms with van der Waals surface area (Å²) in [5.74, 6) is -0.0549. The summed E-state index contributed by atoms with van der Waals surface area (Å²) in [4.78, 5) is 24.9. The standard InChI is InChI=1S/C18H23N3O3/c22-10-9-21-17(23)12-16(18(21)24)20-15-3-1-13(2-4-15)11-14-5-7-19-8-6-14/h1-4,12,14,19-20,22H,5-11H2. The molecule has 0 aliphatic carbocycles. The molecule has 1 aromatic carbocycles. The van der Waals surface area contributed by atoms with E-state index in [-0.39, 0.29) is 24.8 Å². The number of imide groups is 1. The lowest BCUT2D eigenvalue weighted by Gasteiger charge is -2.22. The molecule has 2 aliphatic rings. The number of hydrogen-bond acceptors (Lipinski definition) is 5. The number of benzene rings is 1. The minimum atomic E-state index is -0.396. The summed E-state index contributed by atoms with van der Waals surface area (Å²) in [6.07, 6.45) is 4.78. The highest BCUT2D eigenvalue weighted by Crippen LogP contribution is 2.21. The van der Waals surface area contributed by atoms with Gasteiger partial charge in [0.1, 0.15) is 5.70 Å². The highest BCUT2D eigenvalue weighted by molar-refractivity contribution is 6.17. The van der Waals surface area contributed by atoms with Gasteiger partial charge in [-0.3, -0.25) is 14.5 Å². The number of anilines is 1. The van der Waals surface area contributed by atoms with Gasteiger partial charge < -0.3 is 15.7 Å². The van der Waals surface area contributed by atoms with Crippen molar-refractivity contribution < 1.29 is 14.7 Å². The number of β-amino-alcohol motifs (C(OH)–C–C–N with tert-alkyl or cyclic N) is 1. The zero-order valence-corrected chi connectivity index (χ0v) is 13.6.